The van der Waals surface area contributed by atoms with Crippen molar-refractivity contribution in [3.8, 4) is 5.75 Å². The topological polar surface area (TPSA) is 47.6 Å². The van der Waals surface area contributed by atoms with E-state index in [1.807, 2.05) is 42.5 Å². The number of rotatable bonds is 7. The first-order valence-corrected chi connectivity index (χ1v) is 8.07. The lowest BCUT2D eigenvalue weighted by Crippen LogP contribution is -2.38. The van der Waals surface area contributed by atoms with Crippen molar-refractivity contribution < 1.29 is 14.3 Å². The number of hydrogen-bond donors (Lipinski definition) is 1. The fourth-order valence-electron chi connectivity index (χ4n) is 1.90. The third kappa shape index (κ3) is 4.73. The van der Waals surface area contributed by atoms with Gasteiger partial charge < -0.3 is 14.8 Å². The van der Waals surface area contributed by atoms with E-state index in [-0.39, 0.29) is 12.0 Å². The van der Waals surface area contributed by atoms with Gasteiger partial charge in [0.05, 0.1) is 4.34 Å². The lowest BCUT2D eigenvalue weighted by Gasteiger charge is -2.18. The zero-order valence-electron chi connectivity index (χ0n) is 12.4. The summed E-state index contributed by atoms with van der Waals surface area (Å²) < 4.78 is 11.7. The number of hydrogen-bond acceptors (Lipinski definition) is 4. The summed E-state index contributed by atoms with van der Waals surface area (Å²) in [7, 11) is 1.61. The van der Waals surface area contributed by atoms with Crippen LogP contribution in [0.4, 0.5) is 0 Å². The molecule has 1 aromatic heterocycles. The fourth-order valence-corrected chi connectivity index (χ4v) is 3.03. The van der Waals surface area contributed by atoms with Crippen molar-refractivity contribution in [1.29, 1.82) is 0 Å². The van der Waals surface area contributed by atoms with Crippen molar-refractivity contribution >= 4 is 28.8 Å². The molecule has 0 spiro atoms. The largest absolute Gasteiger partial charge is 0.481 e. The molecule has 2 unspecified atom stereocenters. The number of benzene rings is 1. The molecule has 4 nitrogen and oxygen atoms in total. The van der Waals surface area contributed by atoms with E-state index in [9.17, 15) is 4.79 Å². The Balaban J connectivity index is 1.85. The molecule has 0 fully saturated rings. The average Bonchev–Trinajstić information content (AvgIpc) is 2.95. The molecule has 0 bridgehead atoms. The summed E-state index contributed by atoms with van der Waals surface area (Å²) in [6.07, 6.45) is -0.794. The highest BCUT2D eigenvalue weighted by Crippen LogP contribution is 2.28. The summed E-state index contributed by atoms with van der Waals surface area (Å²) >= 11 is 7.36. The molecular formula is C16H18ClNO3S. The van der Waals surface area contributed by atoms with E-state index in [0.29, 0.717) is 16.6 Å². The highest BCUT2D eigenvalue weighted by atomic mass is 35.5. The van der Waals surface area contributed by atoms with E-state index >= 15 is 0 Å². The maximum absolute atomic E-state index is 12.1. The molecule has 1 amide bonds. The normalized spacial score (nSPS) is 13.4. The van der Waals surface area contributed by atoms with Crippen LogP contribution >= 0.6 is 22.9 Å². The third-order valence-electron chi connectivity index (χ3n) is 3.08. The molecule has 0 aliphatic rings. The van der Waals surface area contributed by atoms with Gasteiger partial charge in [0.15, 0.2) is 6.10 Å². The van der Waals surface area contributed by atoms with E-state index in [0.717, 1.165) is 4.88 Å². The Hall–Kier alpha value is -1.56. The molecule has 2 aromatic rings. The molecule has 1 N–H and O–H groups in total. The quantitative estimate of drug-likeness (QED) is 0.837. The maximum Gasteiger partial charge on any atom is 0.260 e. The van der Waals surface area contributed by atoms with Crippen molar-refractivity contribution in [1.82, 2.24) is 5.32 Å². The number of thiophene rings is 1. The Kier molecular flexibility index (Phi) is 6.24. The molecule has 0 aliphatic heterocycles. The molecule has 1 aromatic carbocycles. The van der Waals surface area contributed by atoms with Crippen LogP contribution in [0.1, 0.15) is 17.9 Å². The number of amides is 1. The molecule has 6 heteroatoms. The Morgan fingerprint density at radius 3 is 2.59 bits per heavy atom. The molecule has 0 radical (unpaired) electrons. The predicted molar refractivity (Wildman–Crippen MR) is 88.6 cm³/mol. The minimum atomic E-state index is -0.577. The van der Waals surface area contributed by atoms with Gasteiger partial charge in [-0.1, -0.05) is 29.8 Å². The molecule has 0 saturated carbocycles. The monoisotopic (exact) mass is 339 g/mol. The summed E-state index contributed by atoms with van der Waals surface area (Å²) in [6, 6.07) is 13.0. The fraction of sp³-hybridized carbons (Fsp3) is 0.312. The van der Waals surface area contributed by atoms with Crippen molar-refractivity contribution in [3.05, 3.63) is 51.7 Å². The number of ether oxygens (including phenoxy) is 2. The molecule has 2 atom stereocenters. The molecule has 0 saturated heterocycles. The highest BCUT2D eigenvalue weighted by Gasteiger charge is 2.18. The van der Waals surface area contributed by atoms with Crippen molar-refractivity contribution in [3.63, 3.8) is 0 Å². The van der Waals surface area contributed by atoms with Crippen LogP contribution in [0, 0.1) is 0 Å². The number of methoxy groups -OCH3 is 1. The van der Waals surface area contributed by atoms with E-state index in [1.54, 1.807) is 14.0 Å². The maximum atomic E-state index is 12.1. The van der Waals surface area contributed by atoms with Gasteiger partial charge in [-0.25, -0.2) is 0 Å². The van der Waals surface area contributed by atoms with Crippen LogP contribution in [0.5, 0.6) is 5.75 Å². The zero-order valence-corrected chi connectivity index (χ0v) is 14.0. The summed E-state index contributed by atoms with van der Waals surface area (Å²) in [5, 5.41) is 2.84. The minimum absolute atomic E-state index is 0.187. The average molecular weight is 340 g/mol. The minimum Gasteiger partial charge on any atom is -0.481 e. The number of para-hydroxylation sites is 1. The standard InChI is InChI=1S/C16H18ClNO3S/c1-11(21-12-6-4-3-5-7-12)16(19)18-10-13(20-2)14-8-9-15(17)22-14/h3-9,11,13H,10H2,1-2H3,(H,18,19). The first kappa shape index (κ1) is 16.8. The zero-order chi connectivity index (χ0) is 15.9. The van der Waals surface area contributed by atoms with Crippen LogP contribution in [0.25, 0.3) is 0 Å². The predicted octanol–water partition coefficient (Wildman–Crippen LogP) is 3.67. The van der Waals surface area contributed by atoms with Gasteiger partial charge in [0.2, 0.25) is 0 Å². The van der Waals surface area contributed by atoms with Crippen molar-refractivity contribution in [2.75, 3.05) is 13.7 Å². The third-order valence-corrected chi connectivity index (χ3v) is 4.41. The smallest absolute Gasteiger partial charge is 0.260 e. The van der Waals surface area contributed by atoms with Crippen LogP contribution in [0.15, 0.2) is 42.5 Å². The molecule has 118 valence electrons. The SMILES string of the molecule is COC(CNC(=O)C(C)Oc1ccccc1)c1ccc(Cl)s1. The molecule has 1 heterocycles. The first-order valence-electron chi connectivity index (χ1n) is 6.87. The number of carbonyl (C=O) groups excluding carboxylic acids is 1. The lowest BCUT2D eigenvalue weighted by molar-refractivity contribution is -0.127. The Morgan fingerprint density at radius 2 is 2.00 bits per heavy atom. The number of halogens is 1. The van der Waals surface area contributed by atoms with Gasteiger partial charge in [0.25, 0.3) is 5.91 Å². The van der Waals surface area contributed by atoms with Gasteiger partial charge in [0, 0.05) is 18.5 Å². The van der Waals surface area contributed by atoms with Gasteiger partial charge in [-0.05, 0) is 31.2 Å². The second kappa shape index (κ2) is 8.17. The molecule has 0 aliphatic carbocycles. The van der Waals surface area contributed by atoms with Crippen molar-refractivity contribution in [2.45, 2.75) is 19.1 Å². The summed E-state index contributed by atoms with van der Waals surface area (Å²) in [5.41, 5.74) is 0. The van der Waals surface area contributed by atoms with Crippen molar-refractivity contribution in [2.24, 2.45) is 0 Å². The van der Waals surface area contributed by atoms with E-state index in [2.05, 4.69) is 5.32 Å². The molecule has 22 heavy (non-hydrogen) atoms. The van der Waals surface area contributed by atoms with Gasteiger partial charge in [-0.15, -0.1) is 11.3 Å². The summed E-state index contributed by atoms with van der Waals surface area (Å²) in [4.78, 5) is 13.1. The number of nitrogens with one attached hydrogen (secondary N) is 1. The van der Waals surface area contributed by atoms with Crippen LogP contribution in [0.2, 0.25) is 4.34 Å². The lowest BCUT2D eigenvalue weighted by atomic mass is 10.2. The van der Waals surface area contributed by atoms with Gasteiger partial charge in [-0.3, -0.25) is 4.79 Å². The van der Waals surface area contributed by atoms with Gasteiger partial charge in [0.1, 0.15) is 11.9 Å². The highest BCUT2D eigenvalue weighted by molar-refractivity contribution is 7.16. The molecule has 2 rings (SSSR count). The molecular weight excluding hydrogens is 322 g/mol. The number of carbonyl (C=O) groups is 1. The summed E-state index contributed by atoms with van der Waals surface area (Å²) in [5.74, 6) is 0.479. The van der Waals surface area contributed by atoms with Gasteiger partial charge >= 0.3 is 0 Å². The Labute approximate surface area is 139 Å². The first-order chi connectivity index (χ1) is 10.6. The van der Waals surface area contributed by atoms with Crippen LogP contribution < -0.4 is 10.1 Å². The van der Waals surface area contributed by atoms with Crippen LogP contribution in [0.3, 0.4) is 0 Å². The van der Waals surface area contributed by atoms with Gasteiger partial charge in [-0.2, -0.15) is 0 Å². The van der Waals surface area contributed by atoms with E-state index in [1.165, 1.54) is 11.3 Å². The second-order valence-electron chi connectivity index (χ2n) is 4.68. The van der Waals surface area contributed by atoms with E-state index in [4.69, 9.17) is 21.1 Å². The second-order valence-corrected chi connectivity index (χ2v) is 6.43. The Bertz CT molecular complexity index is 602. The summed E-state index contributed by atoms with van der Waals surface area (Å²) in [6.45, 7) is 2.08. The van der Waals surface area contributed by atoms with Crippen LogP contribution in [-0.4, -0.2) is 25.7 Å². The Morgan fingerprint density at radius 1 is 1.27 bits per heavy atom. The van der Waals surface area contributed by atoms with Crippen LogP contribution in [-0.2, 0) is 9.53 Å². The van der Waals surface area contributed by atoms with E-state index < -0.39 is 6.10 Å².